The van der Waals surface area contributed by atoms with Crippen LogP contribution in [0.5, 0.6) is 5.75 Å². The molecule has 0 radical (unpaired) electrons. The maximum Gasteiger partial charge on any atom is 0.123 e. The predicted octanol–water partition coefficient (Wildman–Crippen LogP) is 2.78. The summed E-state index contributed by atoms with van der Waals surface area (Å²) in [6.07, 6.45) is 3.50. The summed E-state index contributed by atoms with van der Waals surface area (Å²) in [5.74, 6) is -0.249. The fourth-order valence-corrected chi connectivity index (χ4v) is 1.71. The normalized spacial score (nSPS) is 12.3. The molecule has 2 aromatic rings. The van der Waals surface area contributed by atoms with E-state index in [1.807, 2.05) is 19.1 Å². The van der Waals surface area contributed by atoms with Gasteiger partial charge in [0.15, 0.2) is 0 Å². The van der Waals surface area contributed by atoms with Crippen molar-refractivity contribution < 1.29 is 9.50 Å². The number of hydrogen-bond acceptors (Lipinski definition) is 3. The van der Waals surface area contributed by atoms with E-state index in [0.717, 1.165) is 5.56 Å². The Morgan fingerprint density at radius 2 is 2.22 bits per heavy atom. The largest absolute Gasteiger partial charge is 0.508 e. The molecule has 0 spiro atoms. The molecule has 0 aliphatic heterocycles. The van der Waals surface area contributed by atoms with Crippen molar-refractivity contribution in [2.45, 2.75) is 19.5 Å². The van der Waals surface area contributed by atoms with E-state index in [2.05, 4.69) is 10.3 Å². The first-order valence-electron chi connectivity index (χ1n) is 5.77. The van der Waals surface area contributed by atoms with Crippen molar-refractivity contribution in [1.29, 1.82) is 0 Å². The third-order valence-electron chi connectivity index (χ3n) is 2.82. The second kappa shape index (κ2) is 5.60. The van der Waals surface area contributed by atoms with Crippen LogP contribution in [0, 0.1) is 5.82 Å². The highest BCUT2D eigenvalue weighted by Crippen LogP contribution is 2.19. The molecule has 0 bridgehead atoms. The zero-order chi connectivity index (χ0) is 13.0. The van der Waals surface area contributed by atoms with Crippen LogP contribution >= 0.6 is 0 Å². The SMILES string of the molecule is C[C@H](NCc1cc(F)ccc1O)c1cccnc1. The van der Waals surface area contributed by atoms with Crippen molar-refractivity contribution in [3.8, 4) is 5.75 Å². The summed E-state index contributed by atoms with van der Waals surface area (Å²) in [5, 5.41) is 12.8. The van der Waals surface area contributed by atoms with Gasteiger partial charge in [-0.2, -0.15) is 0 Å². The van der Waals surface area contributed by atoms with E-state index in [0.29, 0.717) is 12.1 Å². The number of aromatic nitrogens is 1. The van der Waals surface area contributed by atoms with Crippen molar-refractivity contribution >= 4 is 0 Å². The molecule has 2 N–H and O–H groups in total. The van der Waals surface area contributed by atoms with E-state index in [1.54, 1.807) is 12.4 Å². The zero-order valence-electron chi connectivity index (χ0n) is 10.1. The van der Waals surface area contributed by atoms with Gasteiger partial charge in [-0.3, -0.25) is 4.98 Å². The van der Waals surface area contributed by atoms with Crippen LogP contribution in [0.15, 0.2) is 42.7 Å². The van der Waals surface area contributed by atoms with Gasteiger partial charge in [0.2, 0.25) is 0 Å². The highest BCUT2D eigenvalue weighted by atomic mass is 19.1. The molecule has 0 fully saturated rings. The molecule has 94 valence electrons. The summed E-state index contributed by atoms with van der Waals surface area (Å²) in [5.41, 5.74) is 1.60. The van der Waals surface area contributed by atoms with Crippen molar-refractivity contribution in [1.82, 2.24) is 10.3 Å². The van der Waals surface area contributed by atoms with Crippen LogP contribution in [-0.4, -0.2) is 10.1 Å². The molecule has 3 nitrogen and oxygen atoms in total. The monoisotopic (exact) mass is 246 g/mol. The lowest BCUT2D eigenvalue weighted by atomic mass is 10.1. The molecule has 0 saturated carbocycles. The fourth-order valence-electron chi connectivity index (χ4n) is 1.71. The summed E-state index contributed by atoms with van der Waals surface area (Å²) in [4.78, 5) is 4.04. The Hall–Kier alpha value is -1.94. The van der Waals surface area contributed by atoms with Gasteiger partial charge in [0.1, 0.15) is 11.6 Å². The van der Waals surface area contributed by atoms with Crippen molar-refractivity contribution in [2.75, 3.05) is 0 Å². The summed E-state index contributed by atoms with van der Waals surface area (Å²) in [6.45, 7) is 2.40. The van der Waals surface area contributed by atoms with Crippen LogP contribution in [0.1, 0.15) is 24.1 Å². The van der Waals surface area contributed by atoms with Crippen LogP contribution < -0.4 is 5.32 Å². The van der Waals surface area contributed by atoms with E-state index < -0.39 is 0 Å². The Bertz CT molecular complexity index is 516. The Morgan fingerprint density at radius 1 is 1.39 bits per heavy atom. The molecule has 1 aromatic heterocycles. The van der Waals surface area contributed by atoms with Gasteiger partial charge in [-0.05, 0) is 36.8 Å². The minimum atomic E-state index is -0.348. The van der Waals surface area contributed by atoms with Crippen LogP contribution in [0.4, 0.5) is 4.39 Å². The lowest BCUT2D eigenvalue weighted by molar-refractivity contribution is 0.457. The quantitative estimate of drug-likeness (QED) is 0.872. The standard InChI is InChI=1S/C14H15FN2O/c1-10(11-3-2-6-16-8-11)17-9-12-7-13(15)4-5-14(12)18/h2-8,10,17-18H,9H2,1H3/t10-/m0/s1. The van der Waals surface area contributed by atoms with E-state index in [-0.39, 0.29) is 17.6 Å². The number of rotatable bonds is 4. The molecule has 0 saturated heterocycles. The number of benzene rings is 1. The van der Waals surface area contributed by atoms with Gasteiger partial charge in [-0.1, -0.05) is 6.07 Å². The number of halogens is 1. The van der Waals surface area contributed by atoms with Gasteiger partial charge in [-0.15, -0.1) is 0 Å². The fraction of sp³-hybridized carbons (Fsp3) is 0.214. The predicted molar refractivity (Wildman–Crippen MR) is 67.6 cm³/mol. The molecular weight excluding hydrogens is 231 g/mol. The van der Waals surface area contributed by atoms with Gasteiger partial charge in [0.25, 0.3) is 0 Å². The number of phenolic OH excluding ortho intramolecular Hbond substituents is 1. The first-order valence-corrected chi connectivity index (χ1v) is 5.77. The van der Waals surface area contributed by atoms with E-state index >= 15 is 0 Å². The average molecular weight is 246 g/mol. The van der Waals surface area contributed by atoms with E-state index in [4.69, 9.17) is 0 Å². The van der Waals surface area contributed by atoms with Crippen molar-refractivity contribution in [3.63, 3.8) is 0 Å². The topological polar surface area (TPSA) is 45.1 Å². The molecule has 4 heteroatoms. The molecule has 0 aliphatic carbocycles. The van der Waals surface area contributed by atoms with Crippen LogP contribution in [-0.2, 0) is 6.54 Å². The molecule has 2 rings (SSSR count). The Kier molecular flexibility index (Phi) is 3.89. The third-order valence-corrected chi connectivity index (χ3v) is 2.82. The lowest BCUT2D eigenvalue weighted by Gasteiger charge is -2.14. The number of nitrogens with zero attached hydrogens (tertiary/aromatic N) is 1. The zero-order valence-corrected chi connectivity index (χ0v) is 10.1. The number of aromatic hydroxyl groups is 1. The maximum absolute atomic E-state index is 13.0. The van der Waals surface area contributed by atoms with E-state index in [1.165, 1.54) is 18.2 Å². The van der Waals surface area contributed by atoms with Gasteiger partial charge in [-0.25, -0.2) is 4.39 Å². The molecule has 0 unspecified atom stereocenters. The van der Waals surface area contributed by atoms with Gasteiger partial charge >= 0.3 is 0 Å². The molecule has 1 heterocycles. The summed E-state index contributed by atoms with van der Waals surface area (Å²) >= 11 is 0. The summed E-state index contributed by atoms with van der Waals surface area (Å²) in [7, 11) is 0. The van der Waals surface area contributed by atoms with Crippen LogP contribution in [0.3, 0.4) is 0 Å². The highest BCUT2D eigenvalue weighted by molar-refractivity contribution is 5.32. The minimum Gasteiger partial charge on any atom is -0.508 e. The van der Waals surface area contributed by atoms with E-state index in [9.17, 15) is 9.50 Å². The second-order valence-electron chi connectivity index (χ2n) is 4.16. The molecular formula is C14H15FN2O. The first kappa shape index (κ1) is 12.5. The second-order valence-corrected chi connectivity index (χ2v) is 4.16. The third kappa shape index (κ3) is 3.05. The first-order chi connectivity index (χ1) is 8.66. The summed E-state index contributed by atoms with van der Waals surface area (Å²) < 4.78 is 13.0. The Morgan fingerprint density at radius 3 is 2.94 bits per heavy atom. The lowest BCUT2D eigenvalue weighted by Crippen LogP contribution is -2.18. The van der Waals surface area contributed by atoms with Gasteiger partial charge in [0, 0.05) is 30.5 Å². The number of phenols is 1. The average Bonchev–Trinajstić information content (AvgIpc) is 2.40. The van der Waals surface area contributed by atoms with Gasteiger partial charge in [0.05, 0.1) is 0 Å². The number of pyridine rings is 1. The molecule has 18 heavy (non-hydrogen) atoms. The molecule has 1 aromatic carbocycles. The molecule has 0 aliphatic rings. The van der Waals surface area contributed by atoms with Gasteiger partial charge < -0.3 is 10.4 Å². The highest BCUT2D eigenvalue weighted by Gasteiger charge is 2.07. The maximum atomic E-state index is 13.0. The Labute approximate surface area is 105 Å². The summed E-state index contributed by atoms with van der Waals surface area (Å²) in [6, 6.07) is 7.85. The van der Waals surface area contributed by atoms with Crippen LogP contribution in [0.25, 0.3) is 0 Å². The number of hydrogen-bond donors (Lipinski definition) is 2. The minimum absolute atomic E-state index is 0.0846. The molecule has 0 amide bonds. The van der Waals surface area contributed by atoms with Crippen LogP contribution in [0.2, 0.25) is 0 Å². The van der Waals surface area contributed by atoms with Crippen molar-refractivity contribution in [3.05, 3.63) is 59.7 Å². The smallest absolute Gasteiger partial charge is 0.123 e. The number of nitrogens with one attached hydrogen (secondary N) is 1. The Balaban J connectivity index is 2.01. The van der Waals surface area contributed by atoms with Crippen molar-refractivity contribution in [2.24, 2.45) is 0 Å². The molecule has 1 atom stereocenters.